The van der Waals surface area contributed by atoms with E-state index in [1.165, 1.54) is 6.07 Å². The second-order valence-electron chi connectivity index (χ2n) is 7.71. The fraction of sp³-hybridized carbons (Fsp3) is 0.160. The Balaban J connectivity index is 1.65. The number of alkyl halides is 3. The third-order valence-corrected chi connectivity index (χ3v) is 5.20. The maximum Gasteiger partial charge on any atom is 0.433 e. The van der Waals surface area contributed by atoms with Gasteiger partial charge in [0.25, 0.3) is 5.91 Å². The first kappa shape index (κ1) is 22.3. The summed E-state index contributed by atoms with van der Waals surface area (Å²) in [7, 11) is 0. The smallest absolute Gasteiger partial charge is 0.345 e. The Labute approximate surface area is 188 Å². The third-order valence-electron chi connectivity index (χ3n) is 5.20. The number of benzene rings is 2. The molecule has 33 heavy (non-hydrogen) atoms. The number of aromatic nitrogens is 3. The van der Waals surface area contributed by atoms with Crippen molar-refractivity contribution in [3.05, 3.63) is 102 Å². The van der Waals surface area contributed by atoms with E-state index in [1.807, 2.05) is 61.5 Å². The van der Waals surface area contributed by atoms with Crippen LogP contribution in [0.2, 0.25) is 0 Å². The van der Waals surface area contributed by atoms with Gasteiger partial charge >= 0.3 is 6.18 Å². The Bertz CT molecular complexity index is 1270. The Morgan fingerprint density at radius 2 is 1.79 bits per heavy atom. The minimum atomic E-state index is -4.51. The normalized spacial score (nSPS) is 12.4. The van der Waals surface area contributed by atoms with Crippen LogP contribution in [0, 0.1) is 6.92 Å². The van der Waals surface area contributed by atoms with Crippen LogP contribution in [0.5, 0.6) is 0 Å². The van der Waals surface area contributed by atoms with Crippen molar-refractivity contribution in [2.24, 2.45) is 0 Å². The molecule has 5 nitrogen and oxygen atoms in total. The fourth-order valence-electron chi connectivity index (χ4n) is 3.44. The van der Waals surface area contributed by atoms with Gasteiger partial charge in [-0.25, -0.2) is 4.68 Å². The molecule has 0 aliphatic rings. The summed E-state index contributed by atoms with van der Waals surface area (Å²) in [4.78, 5) is 16.7. The molecule has 1 amide bonds. The number of pyridine rings is 1. The van der Waals surface area contributed by atoms with E-state index in [9.17, 15) is 18.0 Å². The zero-order chi connectivity index (χ0) is 23.6. The molecule has 0 spiro atoms. The molecule has 4 rings (SSSR count). The second-order valence-corrected chi connectivity index (χ2v) is 7.71. The standard InChI is InChI=1S/C25H21F3N4O/c1-16-7-6-10-20(13-16)32-15-21(23(31-32)18-8-4-3-5-9-18)24(33)30-17(2)19-11-12-22(29-14-19)25(26,27)28/h3-15,17H,1-2H3,(H,30,33)/t17-/m1/s1. The summed E-state index contributed by atoms with van der Waals surface area (Å²) in [5.41, 5.74) is 2.99. The van der Waals surface area contributed by atoms with Crippen molar-refractivity contribution >= 4 is 5.91 Å². The second kappa shape index (κ2) is 8.90. The highest BCUT2D eigenvalue weighted by Gasteiger charge is 2.32. The molecular weight excluding hydrogens is 429 g/mol. The molecule has 0 bridgehead atoms. The maximum atomic E-state index is 13.2. The van der Waals surface area contributed by atoms with Crippen LogP contribution in [0.1, 0.15) is 40.1 Å². The van der Waals surface area contributed by atoms with Crippen LogP contribution >= 0.6 is 0 Å². The summed E-state index contributed by atoms with van der Waals surface area (Å²) >= 11 is 0. The summed E-state index contributed by atoms with van der Waals surface area (Å²) in [6.45, 7) is 3.66. The van der Waals surface area contributed by atoms with Gasteiger partial charge in [0.1, 0.15) is 11.4 Å². The van der Waals surface area contributed by atoms with Gasteiger partial charge in [0.15, 0.2) is 0 Å². The van der Waals surface area contributed by atoms with Crippen molar-refractivity contribution in [1.82, 2.24) is 20.1 Å². The number of nitrogens with zero attached hydrogens (tertiary/aromatic N) is 3. The summed E-state index contributed by atoms with van der Waals surface area (Å²) < 4.78 is 40.0. The molecule has 0 unspecified atom stereocenters. The summed E-state index contributed by atoms with van der Waals surface area (Å²) in [5.74, 6) is -0.389. The van der Waals surface area contributed by atoms with E-state index in [1.54, 1.807) is 17.8 Å². The van der Waals surface area contributed by atoms with Crippen molar-refractivity contribution in [2.75, 3.05) is 0 Å². The molecule has 0 saturated heterocycles. The van der Waals surface area contributed by atoms with Gasteiger partial charge in [0, 0.05) is 18.0 Å². The first-order valence-electron chi connectivity index (χ1n) is 10.3. The van der Waals surface area contributed by atoms with Crippen LogP contribution in [0.4, 0.5) is 13.2 Å². The summed E-state index contributed by atoms with van der Waals surface area (Å²) in [5, 5.41) is 7.49. The predicted octanol–water partition coefficient (Wildman–Crippen LogP) is 5.75. The van der Waals surface area contributed by atoms with E-state index < -0.39 is 17.9 Å². The molecule has 0 saturated carbocycles. The lowest BCUT2D eigenvalue weighted by Crippen LogP contribution is -2.27. The van der Waals surface area contributed by atoms with E-state index in [0.29, 0.717) is 16.8 Å². The van der Waals surface area contributed by atoms with Gasteiger partial charge in [-0.2, -0.15) is 18.3 Å². The molecule has 1 N–H and O–H groups in total. The number of aryl methyl sites for hydroxylation is 1. The van der Waals surface area contributed by atoms with E-state index in [4.69, 9.17) is 0 Å². The average Bonchev–Trinajstić information content (AvgIpc) is 3.25. The zero-order valence-electron chi connectivity index (χ0n) is 18.0. The molecule has 168 valence electrons. The molecule has 1 atom stereocenters. The molecular formula is C25H21F3N4O. The number of nitrogens with one attached hydrogen (secondary N) is 1. The van der Waals surface area contributed by atoms with E-state index >= 15 is 0 Å². The first-order valence-corrected chi connectivity index (χ1v) is 10.3. The monoisotopic (exact) mass is 450 g/mol. The molecule has 0 fully saturated rings. The lowest BCUT2D eigenvalue weighted by Gasteiger charge is -2.15. The Morgan fingerprint density at radius 1 is 1.03 bits per heavy atom. The van der Waals surface area contributed by atoms with Crippen LogP contribution in [0.3, 0.4) is 0 Å². The summed E-state index contributed by atoms with van der Waals surface area (Å²) in [6.07, 6.45) is -1.73. The quantitative estimate of drug-likeness (QED) is 0.421. The van der Waals surface area contributed by atoms with Crippen LogP contribution in [-0.2, 0) is 6.18 Å². The van der Waals surface area contributed by atoms with Gasteiger partial charge < -0.3 is 5.32 Å². The van der Waals surface area contributed by atoms with Gasteiger partial charge in [0.2, 0.25) is 0 Å². The number of halogens is 3. The number of hydrogen-bond acceptors (Lipinski definition) is 3. The van der Waals surface area contributed by atoms with Crippen LogP contribution in [0.15, 0.2) is 79.1 Å². The van der Waals surface area contributed by atoms with Gasteiger partial charge in [0.05, 0.1) is 17.3 Å². The minimum Gasteiger partial charge on any atom is -0.345 e. The Kier molecular flexibility index (Phi) is 6.00. The fourth-order valence-corrected chi connectivity index (χ4v) is 3.44. The first-order chi connectivity index (χ1) is 15.7. The number of carbonyl (C=O) groups is 1. The van der Waals surface area contributed by atoms with Gasteiger partial charge in [-0.05, 0) is 43.2 Å². The predicted molar refractivity (Wildman–Crippen MR) is 119 cm³/mol. The Hall–Kier alpha value is -3.94. The highest BCUT2D eigenvalue weighted by atomic mass is 19.4. The average molecular weight is 450 g/mol. The molecule has 2 aromatic heterocycles. The number of rotatable bonds is 5. The van der Waals surface area contributed by atoms with Crippen molar-refractivity contribution in [2.45, 2.75) is 26.1 Å². The number of amides is 1. The molecule has 0 aliphatic heterocycles. The number of carbonyl (C=O) groups excluding carboxylic acids is 1. The molecule has 2 heterocycles. The highest BCUT2D eigenvalue weighted by Crippen LogP contribution is 2.28. The van der Waals surface area contributed by atoms with Gasteiger partial charge in [-0.15, -0.1) is 0 Å². The maximum absolute atomic E-state index is 13.2. The van der Waals surface area contributed by atoms with E-state index in [0.717, 1.165) is 29.1 Å². The third kappa shape index (κ3) is 4.95. The van der Waals surface area contributed by atoms with Crippen LogP contribution in [-0.4, -0.2) is 20.7 Å². The lowest BCUT2D eigenvalue weighted by atomic mass is 10.1. The zero-order valence-corrected chi connectivity index (χ0v) is 18.0. The van der Waals surface area contributed by atoms with Crippen molar-refractivity contribution in [3.63, 3.8) is 0 Å². The molecule has 0 radical (unpaired) electrons. The van der Waals surface area contributed by atoms with Crippen molar-refractivity contribution in [3.8, 4) is 16.9 Å². The topological polar surface area (TPSA) is 59.8 Å². The van der Waals surface area contributed by atoms with Crippen LogP contribution < -0.4 is 5.32 Å². The lowest BCUT2D eigenvalue weighted by molar-refractivity contribution is -0.141. The van der Waals surface area contributed by atoms with E-state index in [-0.39, 0.29) is 5.91 Å². The highest BCUT2D eigenvalue weighted by molar-refractivity contribution is 6.00. The van der Waals surface area contributed by atoms with Crippen molar-refractivity contribution < 1.29 is 18.0 Å². The van der Waals surface area contributed by atoms with Crippen molar-refractivity contribution in [1.29, 1.82) is 0 Å². The van der Waals surface area contributed by atoms with Gasteiger partial charge in [-0.3, -0.25) is 9.78 Å². The molecule has 4 aromatic rings. The van der Waals surface area contributed by atoms with Gasteiger partial charge in [-0.1, -0.05) is 48.5 Å². The largest absolute Gasteiger partial charge is 0.433 e. The molecule has 2 aromatic carbocycles. The summed E-state index contributed by atoms with van der Waals surface area (Å²) in [6, 6.07) is 18.7. The minimum absolute atomic E-state index is 0.356. The SMILES string of the molecule is Cc1cccc(-n2cc(C(=O)N[C@H](C)c3ccc(C(F)(F)F)nc3)c(-c3ccccc3)n2)c1. The molecule has 0 aliphatic carbocycles. The Morgan fingerprint density at radius 3 is 2.42 bits per heavy atom. The molecule has 8 heteroatoms. The van der Waals surface area contributed by atoms with E-state index in [2.05, 4.69) is 15.4 Å². The van der Waals surface area contributed by atoms with Crippen LogP contribution in [0.25, 0.3) is 16.9 Å². The number of hydrogen-bond donors (Lipinski definition) is 1.